The number of piperidine rings is 1. The summed E-state index contributed by atoms with van der Waals surface area (Å²) in [5.74, 6) is 0.664. The maximum atomic E-state index is 14.0. The maximum absolute atomic E-state index is 14.0. The Morgan fingerprint density at radius 1 is 1.21 bits per heavy atom. The molecule has 0 aromatic heterocycles. The zero-order chi connectivity index (χ0) is 20.8. The van der Waals surface area contributed by atoms with Crippen LogP contribution in [0.3, 0.4) is 0 Å². The van der Waals surface area contributed by atoms with Crippen LogP contribution in [0.5, 0.6) is 5.75 Å². The van der Waals surface area contributed by atoms with E-state index in [-0.39, 0.29) is 17.6 Å². The van der Waals surface area contributed by atoms with E-state index < -0.39 is 0 Å². The molecule has 6 heteroatoms. The standard InChI is InChI=1S/C23H28ClFN2O2/c1-16-3-4-17(2)22(13-16)29-12-9-26-23(28)18-7-10-27(11-8-18)15-19-5-6-20(24)14-21(19)25/h3-6,13-14,18H,7-12,15H2,1-2H3,(H,26,28). The molecule has 4 nitrogen and oxygen atoms in total. The number of amides is 1. The van der Waals surface area contributed by atoms with Crippen molar-refractivity contribution in [2.24, 2.45) is 5.92 Å². The molecule has 29 heavy (non-hydrogen) atoms. The van der Waals surface area contributed by atoms with Crippen LogP contribution in [0.2, 0.25) is 5.02 Å². The SMILES string of the molecule is Cc1ccc(C)c(OCCNC(=O)C2CCN(Cc3ccc(Cl)cc3F)CC2)c1. The van der Waals surface area contributed by atoms with Crippen LogP contribution in [-0.4, -0.2) is 37.0 Å². The highest BCUT2D eigenvalue weighted by molar-refractivity contribution is 6.30. The molecule has 0 spiro atoms. The lowest BCUT2D eigenvalue weighted by molar-refractivity contribution is -0.126. The van der Waals surface area contributed by atoms with Gasteiger partial charge in [0.15, 0.2) is 0 Å². The highest BCUT2D eigenvalue weighted by Crippen LogP contribution is 2.22. The van der Waals surface area contributed by atoms with Crippen molar-refractivity contribution in [1.82, 2.24) is 10.2 Å². The fourth-order valence-corrected chi connectivity index (χ4v) is 3.75. The third kappa shape index (κ3) is 6.18. The number of halogens is 2. The van der Waals surface area contributed by atoms with Gasteiger partial charge in [0, 0.05) is 23.0 Å². The molecule has 0 saturated carbocycles. The topological polar surface area (TPSA) is 41.6 Å². The Bertz CT molecular complexity index is 851. The Balaban J connectivity index is 1.38. The molecule has 2 aromatic carbocycles. The molecule has 1 N–H and O–H groups in total. The van der Waals surface area contributed by atoms with Gasteiger partial charge in [-0.1, -0.05) is 29.8 Å². The summed E-state index contributed by atoms with van der Waals surface area (Å²) in [5.41, 5.74) is 2.88. The van der Waals surface area contributed by atoms with Gasteiger partial charge in [-0.15, -0.1) is 0 Å². The molecule has 0 unspecified atom stereocenters. The van der Waals surface area contributed by atoms with Crippen molar-refractivity contribution < 1.29 is 13.9 Å². The van der Waals surface area contributed by atoms with Crippen molar-refractivity contribution in [3.8, 4) is 5.75 Å². The van der Waals surface area contributed by atoms with E-state index >= 15 is 0 Å². The molecule has 1 fully saturated rings. The van der Waals surface area contributed by atoms with Gasteiger partial charge in [-0.3, -0.25) is 9.69 Å². The molecule has 0 atom stereocenters. The molecule has 0 radical (unpaired) electrons. The summed E-state index contributed by atoms with van der Waals surface area (Å²) in [6.07, 6.45) is 1.55. The highest BCUT2D eigenvalue weighted by Gasteiger charge is 2.25. The smallest absolute Gasteiger partial charge is 0.223 e. The third-order valence-corrected chi connectivity index (χ3v) is 5.61. The summed E-state index contributed by atoms with van der Waals surface area (Å²) >= 11 is 5.81. The summed E-state index contributed by atoms with van der Waals surface area (Å²) in [6, 6.07) is 10.9. The van der Waals surface area contributed by atoms with Gasteiger partial charge in [-0.25, -0.2) is 4.39 Å². The van der Waals surface area contributed by atoms with E-state index in [1.807, 2.05) is 26.0 Å². The quantitative estimate of drug-likeness (QED) is 0.673. The number of likely N-dealkylation sites (tertiary alicyclic amines) is 1. The van der Waals surface area contributed by atoms with Crippen LogP contribution in [0.25, 0.3) is 0 Å². The van der Waals surface area contributed by atoms with Gasteiger partial charge < -0.3 is 10.1 Å². The fourth-order valence-electron chi connectivity index (χ4n) is 3.59. The first kappa shape index (κ1) is 21.6. The number of carbonyl (C=O) groups is 1. The number of hydrogen-bond donors (Lipinski definition) is 1. The van der Waals surface area contributed by atoms with E-state index in [1.165, 1.54) is 6.07 Å². The Labute approximate surface area is 177 Å². The average molecular weight is 419 g/mol. The van der Waals surface area contributed by atoms with Gasteiger partial charge >= 0.3 is 0 Å². The predicted octanol–water partition coefficient (Wildman–Crippen LogP) is 4.50. The number of ether oxygens (including phenoxy) is 1. The lowest BCUT2D eigenvalue weighted by atomic mass is 9.95. The first-order valence-electron chi connectivity index (χ1n) is 10.1. The number of benzene rings is 2. The van der Waals surface area contributed by atoms with Crippen LogP contribution in [-0.2, 0) is 11.3 Å². The van der Waals surface area contributed by atoms with Crippen LogP contribution < -0.4 is 10.1 Å². The van der Waals surface area contributed by atoms with E-state index in [9.17, 15) is 9.18 Å². The molecule has 1 saturated heterocycles. The number of hydrogen-bond acceptors (Lipinski definition) is 3. The lowest BCUT2D eigenvalue weighted by Gasteiger charge is -2.31. The molecule has 1 amide bonds. The minimum Gasteiger partial charge on any atom is -0.491 e. The Kier molecular flexibility index (Phi) is 7.51. The molecule has 0 bridgehead atoms. The number of nitrogens with one attached hydrogen (secondary N) is 1. The van der Waals surface area contributed by atoms with Crippen LogP contribution in [0.4, 0.5) is 4.39 Å². The number of nitrogens with zero attached hydrogens (tertiary/aromatic N) is 1. The van der Waals surface area contributed by atoms with E-state index in [2.05, 4.69) is 16.3 Å². The van der Waals surface area contributed by atoms with Crippen molar-refractivity contribution in [2.75, 3.05) is 26.2 Å². The van der Waals surface area contributed by atoms with Gasteiger partial charge in [0.25, 0.3) is 0 Å². The van der Waals surface area contributed by atoms with Crippen molar-refractivity contribution in [2.45, 2.75) is 33.2 Å². The molecule has 1 heterocycles. The average Bonchev–Trinajstić information content (AvgIpc) is 2.70. The van der Waals surface area contributed by atoms with Gasteiger partial charge in [-0.2, -0.15) is 0 Å². The van der Waals surface area contributed by atoms with Crippen LogP contribution in [0.1, 0.15) is 29.5 Å². The number of rotatable bonds is 7. The highest BCUT2D eigenvalue weighted by atomic mass is 35.5. The largest absolute Gasteiger partial charge is 0.491 e. The van der Waals surface area contributed by atoms with Crippen LogP contribution >= 0.6 is 11.6 Å². The molecular formula is C23H28ClFN2O2. The number of aryl methyl sites for hydroxylation is 2. The summed E-state index contributed by atoms with van der Waals surface area (Å²) in [5, 5.41) is 3.39. The first-order chi connectivity index (χ1) is 13.9. The van der Waals surface area contributed by atoms with Gasteiger partial charge in [-0.05, 0) is 69.1 Å². The first-order valence-corrected chi connectivity index (χ1v) is 10.4. The monoisotopic (exact) mass is 418 g/mol. The third-order valence-electron chi connectivity index (χ3n) is 5.37. The van der Waals surface area contributed by atoms with Crippen LogP contribution in [0, 0.1) is 25.6 Å². The summed E-state index contributed by atoms with van der Waals surface area (Å²) in [4.78, 5) is 14.6. The summed E-state index contributed by atoms with van der Waals surface area (Å²) < 4.78 is 19.8. The van der Waals surface area contributed by atoms with Crippen molar-refractivity contribution in [1.29, 1.82) is 0 Å². The van der Waals surface area contributed by atoms with Crippen molar-refractivity contribution in [3.63, 3.8) is 0 Å². The molecule has 0 aliphatic carbocycles. The Morgan fingerprint density at radius 2 is 1.97 bits per heavy atom. The minimum atomic E-state index is -0.277. The predicted molar refractivity (Wildman–Crippen MR) is 114 cm³/mol. The van der Waals surface area contributed by atoms with E-state index in [0.29, 0.717) is 30.3 Å². The summed E-state index contributed by atoms with van der Waals surface area (Å²) in [7, 11) is 0. The molecular weight excluding hydrogens is 391 g/mol. The Hall–Kier alpha value is -2.11. The van der Waals surface area contributed by atoms with Gasteiger partial charge in [0.1, 0.15) is 18.2 Å². The van der Waals surface area contributed by atoms with Crippen molar-refractivity contribution >= 4 is 17.5 Å². The van der Waals surface area contributed by atoms with Crippen LogP contribution in [0.15, 0.2) is 36.4 Å². The van der Waals surface area contributed by atoms with E-state index in [1.54, 1.807) is 12.1 Å². The normalized spacial score (nSPS) is 15.3. The Morgan fingerprint density at radius 3 is 2.69 bits per heavy atom. The van der Waals surface area contributed by atoms with Gasteiger partial charge in [0.2, 0.25) is 5.91 Å². The van der Waals surface area contributed by atoms with E-state index in [0.717, 1.165) is 42.8 Å². The minimum absolute atomic E-state index is 0.00187. The second-order valence-electron chi connectivity index (χ2n) is 7.69. The van der Waals surface area contributed by atoms with E-state index in [4.69, 9.17) is 16.3 Å². The molecule has 1 aliphatic heterocycles. The van der Waals surface area contributed by atoms with Gasteiger partial charge in [0.05, 0.1) is 6.54 Å². The number of carbonyl (C=O) groups excluding carboxylic acids is 1. The zero-order valence-corrected chi connectivity index (χ0v) is 17.8. The molecule has 2 aromatic rings. The van der Waals surface area contributed by atoms with Crippen molar-refractivity contribution in [3.05, 3.63) is 63.9 Å². The molecule has 156 valence electrons. The lowest BCUT2D eigenvalue weighted by Crippen LogP contribution is -2.41. The second kappa shape index (κ2) is 10.1. The fraction of sp³-hybridized carbons (Fsp3) is 0.435. The molecule has 3 rings (SSSR count). The molecule has 1 aliphatic rings. The summed E-state index contributed by atoms with van der Waals surface area (Å²) in [6.45, 7) is 7.07. The second-order valence-corrected chi connectivity index (χ2v) is 8.13. The maximum Gasteiger partial charge on any atom is 0.223 e. The zero-order valence-electron chi connectivity index (χ0n) is 17.0.